The summed E-state index contributed by atoms with van der Waals surface area (Å²) < 4.78 is 0. The predicted octanol–water partition coefficient (Wildman–Crippen LogP) is 4.88. The fraction of sp³-hybridized carbons (Fsp3) is 0.440. The number of nitrogens with zero attached hydrogens (tertiary/aromatic N) is 2. The molecule has 0 bridgehead atoms. The Kier molecular flexibility index (Phi) is 9.38. The number of nitrogens with one attached hydrogen (secondary N) is 2. The molecule has 1 fully saturated rings. The van der Waals surface area contributed by atoms with Crippen LogP contribution in [0.25, 0.3) is 0 Å². The summed E-state index contributed by atoms with van der Waals surface area (Å²) >= 11 is 7.41. The largest absolute Gasteiger partial charge is 0.348 e. The lowest BCUT2D eigenvalue weighted by Gasteiger charge is -2.25. The van der Waals surface area contributed by atoms with E-state index in [1.54, 1.807) is 11.8 Å². The van der Waals surface area contributed by atoms with Crippen LogP contribution in [0.4, 0.5) is 11.4 Å². The Labute approximate surface area is 201 Å². The van der Waals surface area contributed by atoms with Crippen molar-refractivity contribution in [3.05, 3.63) is 53.6 Å². The molecule has 2 aromatic carbocycles. The molecular weight excluding hydrogens is 436 g/mol. The van der Waals surface area contributed by atoms with Gasteiger partial charge in [-0.15, -0.1) is 11.8 Å². The molecule has 1 amide bonds. The van der Waals surface area contributed by atoms with E-state index >= 15 is 0 Å². The highest BCUT2D eigenvalue weighted by atomic mass is 32.2. The van der Waals surface area contributed by atoms with Gasteiger partial charge in [-0.2, -0.15) is 0 Å². The van der Waals surface area contributed by atoms with Crippen LogP contribution in [0.5, 0.6) is 0 Å². The fourth-order valence-electron chi connectivity index (χ4n) is 4.06. The highest BCUT2D eigenvalue weighted by Gasteiger charge is 2.20. The zero-order valence-corrected chi connectivity index (χ0v) is 21.0. The van der Waals surface area contributed by atoms with Crippen molar-refractivity contribution >= 4 is 46.4 Å². The third-order valence-corrected chi connectivity index (χ3v) is 7.01. The molecule has 0 unspecified atom stereocenters. The number of carbonyl (C=O) groups excluding carboxylic acids is 1. The molecular formula is C25H34N4OS2. The van der Waals surface area contributed by atoms with Gasteiger partial charge in [0, 0.05) is 36.8 Å². The Morgan fingerprint density at radius 3 is 2.38 bits per heavy atom. The highest BCUT2D eigenvalue weighted by Crippen LogP contribution is 2.25. The monoisotopic (exact) mass is 470 g/mol. The standard InChI is InChI=1S/C25H34N4OS2/c1-4-19-10-8-11-20(5-2)24(19)27-23(30)18-28-14-9-15-29(17-16-28)25(31)26-21-12-6-7-13-22(21)32-3/h6-8,10-13H,4-5,9,14-18H2,1-3H3,(H,26,31)(H,27,30). The number of benzene rings is 2. The van der Waals surface area contributed by atoms with Crippen LogP contribution in [0, 0.1) is 0 Å². The van der Waals surface area contributed by atoms with E-state index in [9.17, 15) is 4.79 Å². The zero-order valence-electron chi connectivity index (χ0n) is 19.3. The summed E-state index contributed by atoms with van der Waals surface area (Å²) in [5, 5.41) is 7.36. The van der Waals surface area contributed by atoms with Crippen LogP contribution >= 0.6 is 24.0 Å². The Morgan fingerprint density at radius 2 is 1.69 bits per heavy atom. The number of thioether (sulfide) groups is 1. The van der Waals surface area contributed by atoms with Crippen LogP contribution < -0.4 is 10.6 Å². The number of anilines is 2. The van der Waals surface area contributed by atoms with Crippen molar-refractivity contribution in [1.82, 2.24) is 9.80 Å². The number of rotatable bonds is 7. The second kappa shape index (κ2) is 12.2. The first-order valence-electron chi connectivity index (χ1n) is 11.4. The molecule has 0 spiro atoms. The molecule has 1 heterocycles. The first-order chi connectivity index (χ1) is 15.5. The average Bonchev–Trinajstić information content (AvgIpc) is 3.05. The van der Waals surface area contributed by atoms with Crippen molar-refractivity contribution in [3.63, 3.8) is 0 Å². The van der Waals surface area contributed by atoms with Gasteiger partial charge in [0.25, 0.3) is 0 Å². The quantitative estimate of drug-likeness (QED) is 0.444. The third-order valence-electron chi connectivity index (χ3n) is 5.85. The Morgan fingerprint density at radius 1 is 0.969 bits per heavy atom. The first-order valence-corrected chi connectivity index (χ1v) is 13.0. The molecule has 0 radical (unpaired) electrons. The van der Waals surface area contributed by atoms with E-state index in [0.717, 1.165) is 61.9 Å². The van der Waals surface area contributed by atoms with Crippen LogP contribution in [0.15, 0.2) is 47.4 Å². The molecule has 1 aliphatic heterocycles. The van der Waals surface area contributed by atoms with Gasteiger partial charge in [0.1, 0.15) is 0 Å². The normalized spacial score (nSPS) is 14.7. The third kappa shape index (κ3) is 6.47. The van der Waals surface area contributed by atoms with Crippen LogP contribution in [-0.4, -0.2) is 59.8 Å². The van der Waals surface area contributed by atoms with E-state index in [0.29, 0.717) is 6.54 Å². The van der Waals surface area contributed by atoms with Gasteiger partial charge in [-0.05, 0) is 61.0 Å². The van der Waals surface area contributed by atoms with Gasteiger partial charge < -0.3 is 15.5 Å². The van der Waals surface area contributed by atoms with Crippen molar-refractivity contribution in [1.29, 1.82) is 0 Å². The number of para-hydroxylation sites is 2. The van der Waals surface area contributed by atoms with E-state index in [-0.39, 0.29) is 5.91 Å². The summed E-state index contributed by atoms with van der Waals surface area (Å²) in [4.78, 5) is 18.5. The Bertz CT molecular complexity index is 912. The minimum absolute atomic E-state index is 0.0589. The van der Waals surface area contributed by atoms with Gasteiger partial charge in [-0.25, -0.2) is 0 Å². The van der Waals surface area contributed by atoms with Crippen LogP contribution in [-0.2, 0) is 17.6 Å². The summed E-state index contributed by atoms with van der Waals surface area (Å²) in [6.45, 7) is 8.07. The number of amides is 1. The first kappa shape index (κ1) is 24.6. The molecule has 32 heavy (non-hydrogen) atoms. The summed E-state index contributed by atoms with van der Waals surface area (Å²) in [5.41, 5.74) is 4.44. The van der Waals surface area contributed by atoms with Crippen molar-refractivity contribution in [2.45, 2.75) is 38.0 Å². The second-order valence-corrected chi connectivity index (χ2v) is 9.19. The van der Waals surface area contributed by atoms with E-state index in [1.807, 2.05) is 12.1 Å². The van der Waals surface area contributed by atoms with Crippen LogP contribution in [0.2, 0.25) is 0 Å². The molecule has 0 aromatic heterocycles. The number of hydrogen-bond donors (Lipinski definition) is 2. The van der Waals surface area contributed by atoms with Gasteiger partial charge in [0.2, 0.25) is 5.91 Å². The van der Waals surface area contributed by atoms with Gasteiger partial charge in [-0.3, -0.25) is 9.69 Å². The summed E-state index contributed by atoms with van der Waals surface area (Å²) in [7, 11) is 0. The predicted molar refractivity (Wildman–Crippen MR) is 141 cm³/mol. The number of carbonyl (C=O) groups is 1. The van der Waals surface area contributed by atoms with Gasteiger partial charge in [0.05, 0.1) is 12.2 Å². The molecule has 1 aliphatic rings. The fourth-order valence-corrected chi connectivity index (χ4v) is 4.91. The average molecular weight is 471 g/mol. The minimum atomic E-state index is 0.0589. The summed E-state index contributed by atoms with van der Waals surface area (Å²) in [6, 6.07) is 14.5. The minimum Gasteiger partial charge on any atom is -0.348 e. The Balaban J connectivity index is 1.55. The van der Waals surface area contributed by atoms with E-state index < -0.39 is 0 Å². The molecule has 7 heteroatoms. The van der Waals surface area contributed by atoms with Crippen molar-refractivity contribution in [2.24, 2.45) is 0 Å². The highest BCUT2D eigenvalue weighted by molar-refractivity contribution is 7.98. The van der Waals surface area contributed by atoms with Gasteiger partial charge in [0.15, 0.2) is 5.11 Å². The zero-order chi connectivity index (χ0) is 22.9. The molecule has 1 saturated heterocycles. The Hall–Kier alpha value is -2.09. The van der Waals surface area contributed by atoms with E-state index in [1.165, 1.54) is 16.0 Å². The molecule has 5 nitrogen and oxygen atoms in total. The SMILES string of the molecule is CCc1cccc(CC)c1NC(=O)CN1CCCN(C(=S)Nc2ccccc2SC)CC1. The van der Waals surface area contributed by atoms with Crippen LogP contribution in [0.3, 0.4) is 0 Å². The molecule has 3 rings (SSSR count). The van der Waals surface area contributed by atoms with Gasteiger partial charge >= 0.3 is 0 Å². The maximum atomic E-state index is 12.8. The molecule has 2 aromatic rings. The van der Waals surface area contributed by atoms with E-state index in [2.05, 4.69) is 70.9 Å². The molecule has 2 N–H and O–H groups in total. The molecule has 172 valence electrons. The van der Waals surface area contributed by atoms with Crippen molar-refractivity contribution < 1.29 is 4.79 Å². The molecule has 0 atom stereocenters. The number of hydrogen-bond acceptors (Lipinski definition) is 4. The lowest BCUT2D eigenvalue weighted by Crippen LogP contribution is -2.39. The summed E-state index contributed by atoms with van der Waals surface area (Å²) in [5.74, 6) is 0.0589. The van der Waals surface area contributed by atoms with Crippen molar-refractivity contribution in [2.75, 3.05) is 49.6 Å². The smallest absolute Gasteiger partial charge is 0.238 e. The maximum Gasteiger partial charge on any atom is 0.238 e. The molecule has 0 aliphatic carbocycles. The lowest BCUT2D eigenvalue weighted by atomic mass is 10.0. The number of aryl methyl sites for hydroxylation is 2. The van der Waals surface area contributed by atoms with Crippen LogP contribution in [0.1, 0.15) is 31.4 Å². The number of thiocarbonyl (C=S) groups is 1. The lowest BCUT2D eigenvalue weighted by molar-refractivity contribution is -0.117. The van der Waals surface area contributed by atoms with Gasteiger partial charge in [-0.1, -0.05) is 44.2 Å². The molecule has 0 saturated carbocycles. The maximum absolute atomic E-state index is 12.8. The second-order valence-electron chi connectivity index (χ2n) is 7.95. The van der Waals surface area contributed by atoms with Crippen molar-refractivity contribution in [3.8, 4) is 0 Å². The van der Waals surface area contributed by atoms with E-state index in [4.69, 9.17) is 12.2 Å². The topological polar surface area (TPSA) is 47.6 Å². The summed E-state index contributed by atoms with van der Waals surface area (Å²) in [6.07, 6.45) is 4.87.